The van der Waals surface area contributed by atoms with Gasteiger partial charge < -0.3 is 26.0 Å². The first-order chi connectivity index (χ1) is 21.9. The molecule has 1 aromatic carbocycles. The van der Waals surface area contributed by atoms with Crippen LogP contribution in [0.2, 0.25) is 0 Å². The number of hydrogen-bond acceptors (Lipinski definition) is 8. The number of nitrogens with zero attached hydrogens (tertiary/aromatic N) is 3. The number of benzene rings is 1. The standard InChI is InChI=1S/C36H50N6O3S/c1-35(2,3)25-9-10-27-24(20-25)21-29-33(39-27)46-34(40-29)32(45)38-28(14-18-42-16-12-26(43)13-17-42)22-7-6-8-23(19-22)31(44)41-30-11-15-37-36(30,4)5/h6-8,19,21,25-26,28,30,37,43H,9-18,20H2,1-5H3,(H,38,45)(H,41,44)/t25-,28+,30?/m0/s1. The van der Waals surface area contributed by atoms with Crippen LogP contribution in [0.3, 0.4) is 0 Å². The summed E-state index contributed by atoms with van der Waals surface area (Å²) in [5, 5.41) is 20.3. The van der Waals surface area contributed by atoms with Crippen molar-refractivity contribution in [1.82, 2.24) is 30.8 Å². The predicted molar refractivity (Wildman–Crippen MR) is 183 cm³/mol. The van der Waals surface area contributed by atoms with Crippen molar-refractivity contribution in [3.05, 3.63) is 57.7 Å². The maximum atomic E-state index is 13.8. The normalized spacial score (nSPS) is 22.8. The van der Waals surface area contributed by atoms with E-state index in [2.05, 4.69) is 61.5 Å². The van der Waals surface area contributed by atoms with Crippen LogP contribution in [0.25, 0.3) is 10.3 Å². The summed E-state index contributed by atoms with van der Waals surface area (Å²) >= 11 is 1.35. The molecule has 4 heterocycles. The molecule has 3 atom stereocenters. The van der Waals surface area contributed by atoms with E-state index in [0.717, 1.165) is 86.3 Å². The second kappa shape index (κ2) is 13.3. The number of aromatic nitrogens is 2. The van der Waals surface area contributed by atoms with Crippen LogP contribution < -0.4 is 16.0 Å². The van der Waals surface area contributed by atoms with Crippen molar-refractivity contribution in [2.75, 3.05) is 26.2 Å². The number of piperidine rings is 1. The molecule has 3 aromatic rings. The van der Waals surface area contributed by atoms with Crippen LogP contribution in [-0.2, 0) is 12.8 Å². The SMILES string of the molecule is CC1(C)NCCC1NC(=O)c1cccc([C@@H](CCN2CCC(O)CC2)NC(=O)c2nc3cc4c(nc3s2)CC[C@H](C(C)(C)C)C4)c1. The third-order valence-corrected chi connectivity index (χ3v) is 11.5. The molecule has 248 valence electrons. The summed E-state index contributed by atoms with van der Waals surface area (Å²) in [5.74, 6) is 0.277. The second-order valence-electron chi connectivity index (χ2n) is 15.2. The molecular weight excluding hydrogens is 597 g/mol. The minimum absolute atomic E-state index is 0.0475. The summed E-state index contributed by atoms with van der Waals surface area (Å²) in [7, 11) is 0. The zero-order valence-corrected chi connectivity index (χ0v) is 28.8. The van der Waals surface area contributed by atoms with E-state index in [-0.39, 0.29) is 41.0 Å². The predicted octanol–water partition coefficient (Wildman–Crippen LogP) is 5.03. The molecule has 3 aliphatic rings. The fraction of sp³-hybridized carbons (Fsp3) is 0.611. The number of thiazole rings is 1. The summed E-state index contributed by atoms with van der Waals surface area (Å²) in [6, 6.07) is 9.52. The molecule has 1 aliphatic carbocycles. The molecule has 10 heteroatoms. The van der Waals surface area contributed by atoms with Crippen LogP contribution in [0.5, 0.6) is 0 Å². The number of nitrogens with one attached hydrogen (secondary N) is 3. The number of aryl methyl sites for hydroxylation is 1. The summed E-state index contributed by atoms with van der Waals surface area (Å²) in [4.78, 5) is 40.0. The molecule has 2 aromatic heterocycles. The molecule has 46 heavy (non-hydrogen) atoms. The number of amides is 2. The number of carbonyl (C=O) groups excluding carboxylic acids is 2. The van der Waals surface area contributed by atoms with Crippen molar-refractivity contribution in [2.45, 2.75) is 103 Å². The van der Waals surface area contributed by atoms with Gasteiger partial charge in [-0.25, -0.2) is 9.97 Å². The number of hydrogen-bond donors (Lipinski definition) is 4. The van der Waals surface area contributed by atoms with E-state index in [4.69, 9.17) is 9.97 Å². The third-order valence-electron chi connectivity index (χ3n) is 10.5. The van der Waals surface area contributed by atoms with Gasteiger partial charge in [0.1, 0.15) is 10.3 Å². The summed E-state index contributed by atoms with van der Waals surface area (Å²) in [6.45, 7) is 14.5. The van der Waals surface area contributed by atoms with Gasteiger partial charge in [0.15, 0.2) is 5.01 Å². The Bertz CT molecular complexity index is 1570. The molecule has 4 N–H and O–H groups in total. The van der Waals surface area contributed by atoms with Gasteiger partial charge in [-0.2, -0.15) is 0 Å². The summed E-state index contributed by atoms with van der Waals surface area (Å²) < 4.78 is 0. The molecule has 0 bridgehead atoms. The molecule has 1 unspecified atom stereocenters. The van der Waals surface area contributed by atoms with Gasteiger partial charge in [-0.3, -0.25) is 9.59 Å². The average molecular weight is 647 g/mol. The van der Waals surface area contributed by atoms with Crippen LogP contribution in [-0.4, -0.2) is 75.7 Å². The quantitative estimate of drug-likeness (QED) is 0.271. The van der Waals surface area contributed by atoms with Gasteiger partial charge in [0.25, 0.3) is 11.8 Å². The maximum Gasteiger partial charge on any atom is 0.280 e. The van der Waals surface area contributed by atoms with Gasteiger partial charge in [-0.05, 0) is 106 Å². The lowest BCUT2D eigenvalue weighted by atomic mass is 9.71. The Morgan fingerprint density at radius 1 is 1.11 bits per heavy atom. The Labute approximate surface area is 277 Å². The Morgan fingerprint density at radius 3 is 2.61 bits per heavy atom. The first-order valence-electron chi connectivity index (χ1n) is 17.0. The smallest absolute Gasteiger partial charge is 0.280 e. The molecular formula is C36H50N6O3S. The molecule has 2 amide bonds. The number of aliphatic hydroxyl groups excluding tert-OH is 1. The largest absolute Gasteiger partial charge is 0.393 e. The van der Waals surface area contributed by atoms with E-state index < -0.39 is 0 Å². The van der Waals surface area contributed by atoms with E-state index in [1.807, 2.05) is 24.3 Å². The van der Waals surface area contributed by atoms with Crippen molar-refractivity contribution in [1.29, 1.82) is 0 Å². The molecule has 0 spiro atoms. The molecule has 2 saturated heterocycles. The van der Waals surface area contributed by atoms with E-state index in [1.165, 1.54) is 16.9 Å². The first kappa shape index (κ1) is 33.0. The van der Waals surface area contributed by atoms with E-state index in [0.29, 0.717) is 22.9 Å². The number of pyridine rings is 1. The van der Waals surface area contributed by atoms with Crippen molar-refractivity contribution in [3.63, 3.8) is 0 Å². The van der Waals surface area contributed by atoms with E-state index >= 15 is 0 Å². The molecule has 2 aliphatic heterocycles. The van der Waals surface area contributed by atoms with Crippen molar-refractivity contribution < 1.29 is 14.7 Å². The highest BCUT2D eigenvalue weighted by Crippen LogP contribution is 2.38. The molecule has 6 rings (SSSR count). The zero-order valence-electron chi connectivity index (χ0n) is 28.0. The minimum Gasteiger partial charge on any atom is -0.393 e. The number of fused-ring (bicyclic) bond motifs is 2. The van der Waals surface area contributed by atoms with Gasteiger partial charge in [0.05, 0.1) is 12.1 Å². The van der Waals surface area contributed by atoms with Gasteiger partial charge >= 0.3 is 0 Å². The van der Waals surface area contributed by atoms with Crippen LogP contribution in [0.4, 0.5) is 0 Å². The highest BCUT2D eigenvalue weighted by molar-refractivity contribution is 7.19. The fourth-order valence-electron chi connectivity index (χ4n) is 7.26. The van der Waals surface area contributed by atoms with Crippen LogP contribution in [0.15, 0.2) is 30.3 Å². The lowest BCUT2D eigenvalue weighted by Crippen LogP contribution is -2.50. The van der Waals surface area contributed by atoms with Crippen LogP contribution in [0, 0.1) is 11.3 Å². The maximum absolute atomic E-state index is 13.8. The third kappa shape index (κ3) is 7.46. The van der Waals surface area contributed by atoms with Crippen molar-refractivity contribution in [2.24, 2.45) is 11.3 Å². The molecule has 9 nitrogen and oxygen atoms in total. The monoisotopic (exact) mass is 646 g/mol. The fourth-order valence-corrected chi connectivity index (χ4v) is 8.10. The summed E-state index contributed by atoms with van der Waals surface area (Å²) in [6.07, 6.45) is 5.94. The lowest BCUT2D eigenvalue weighted by Gasteiger charge is -2.34. The number of likely N-dealkylation sites (tertiary alicyclic amines) is 1. The average Bonchev–Trinajstić information content (AvgIpc) is 3.59. The first-order valence-corrected chi connectivity index (χ1v) is 17.8. The highest BCUT2D eigenvalue weighted by Gasteiger charge is 2.35. The Hall–Kier alpha value is -2.92. The van der Waals surface area contributed by atoms with Crippen LogP contribution in [0.1, 0.15) is 110 Å². The Kier molecular flexibility index (Phi) is 9.54. The number of rotatable bonds is 8. The summed E-state index contributed by atoms with van der Waals surface area (Å²) in [5.41, 5.74) is 4.74. The molecule has 0 saturated carbocycles. The molecule has 0 radical (unpaired) electrons. The molecule has 2 fully saturated rings. The second-order valence-corrected chi connectivity index (χ2v) is 16.2. The highest BCUT2D eigenvalue weighted by atomic mass is 32.1. The van der Waals surface area contributed by atoms with E-state index in [1.54, 1.807) is 0 Å². The van der Waals surface area contributed by atoms with Gasteiger partial charge in [-0.15, -0.1) is 0 Å². The minimum atomic E-state index is -0.308. The number of carbonyl (C=O) groups is 2. The van der Waals surface area contributed by atoms with Crippen LogP contribution >= 0.6 is 11.3 Å². The topological polar surface area (TPSA) is 119 Å². The van der Waals surface area contributed by atoms with E-state index in [9.17, 15) is 14.7 Å². The van der Waals surface area contributed by atoms with Gasteiger partial charge in [0, 0.05) is 42.5 Å². The lowest BCUT2D eigenvalue weighted by molar-refractivity contribution is 0.0795. The number of aliphatic hydroxyl groups is 1. The van der Waals surface area contributed by atoms with Gasteiger partial charge in [0.2, 0.25) is 0 Å². The Morgan fingerprint density at radius 2 is 1.89 bits per heavy atom. The van der Waals surface area contributed by atoms with Crippen molar-refractivity contribution in [3.8, 4) is 0 Å². The van der Waals surface area contributed by atoms with Crippen molar-refractivity contribution >= 4 is 33.5 Å². The van der Waals surface area contributed by atoms with Gasteiger partial charge in [-0.1, -0.05) is 44.2 Å². The Balaban J connectivity index is 1.21. The zero-order chi connectivity index (χ0) is 32.6.